The van der Waals surface area contributed by atoms with Crippen molar-refractivity contribution in [3.8, 4) is 0 Å². The number of likely N-dealkylation sites (tertiary alicyclic amines) is 1. The molecule has 2 aliphatic rings. The van der Waals surface area contributed by atoms with Crippen molar-refractivity contribution in [2.24, 2.45) is 5.92 Å². The van der Waals surface area contributed by atoms with Crippen LogP contribution in [-0.2, 0) is 13.0 Å². The van der Waals surface area contributed by atoms with Crippen LogP contribution in [0.25, 0.3) is 0 Å². The number of nitrogens with one attached hydrogen (secondary N) is 1. The SMILES string of the molecule is CCC(C)NC(=O)c1nc(C(=O)N2CCCC(C)C2)n2c1CCCC2. The van der Waals surface area contributed by atoms with Gasteiger partial charge in [-0.3, -0.25) is 9.59 Å². The molecule has 138 valence electrons. The summed E-state index contributed by atoms with van der Waals surface area (Å²) in [7, 11) is 0. The van der Waals surface area contributed by atoms with Gasteiger partial charge in [-0.2, -0.15) is 0 Å². The van der Waals surface area contributed by atoms with Crippen molar-refractivity contribution in [2.45, 2.75) is 71.9 Å². The maximum absolute atomic E-state index is 13.0. The summed E-state index contributed by atoms with van der Waals surface area (Å²) in [6.45, 7) is 8.58. The van der Waals surface area contributed by atoms with Crippen molar-refractivity contribution in [1.29, 1.82) is 0 Å². The molecule has 2 aliphatic heterocycles. The number of aromatic nitrogens is 2. The van der Waals surface area contributed by atoms with Crippen molar-refractivity contribution in [3.63, 3.8) is 0 Å². The largest absolute Gasteiger partial charge is 0.348 e. The molecule has 0 bridgehead atoms. The Labute approximate surface area is 150 Å². The molecule has 1 fully saturated rings. The molecule has 6 nitrogen and oxygen atoms in total. The first kappa shape index (κ1) is 18.0. The summed E-state index contributed by atoms with van der Waals surface area (Å²) >= 11 is 0. The molecule has 0 saturated carbocycles. The van der Waals surface area contributed by atoms with Crippen molar-refractivity contribution in [3.05, 3.63) is 17.2 Å². The maximum atomic E-state index is 13.0. The van der Waals surface area contributed by atoms with Gasteiger partial charge in [-0.1, -0.05) is 13.8 Å². The molecule has 2 unspecified atom stereocenters. The number of hydrogen-bond donors (Lipinski definition) is 1. The first-order valence-corrected chi connectivity index (χ1v) is 9.70. The van der Waals surface area contributed by atoms with E-state index in [0.717, 1.165) is 57.4 Å². The Hall–Kier alpha value is -1.85. The fourth-order valence-electron chi connectivity index (χ4n) is 3.80. The summed E-state index contributed by atoms with van der Waals surface area (Å²) in [6.07, 6.45) is 5.99. The second kappa shape index (κ2) is 7.58. The average Bonchev–Trinajstić information content (AvgIpc) is 3.00. The quantitative estimate of drug-likeness (QED) is 0.911. The van der Waals surface area contributed by atoms with Crippen LogP contribution in [-0.4, -0.2) is 45.4 Å². The Morgan fingerprint density at radius 2 is 2.08 bits per heavy atom. The van der Waals surface area contributed by atoms with Gasteiger partial charge in [0, 0.05) is 25.7 Å². The third-order valence-corrected chi connectivity index (χ3v) is 5.46. The highest BCUT2D eigenvalue weighted by molar-refractivity contribution is 5.97. The Morgan fingerprint density at radius 1 is 1.28 bits per heavy atom. The summed E-state index contributed by atoms with van der Waals surface area (Å²) in [5.74, 6) is 0.822. The fraction of sp³-hybridized carbons (Fsp3) is 0.737. The molecule has 0 aromatic carbocycles. The average molecular weight is 346 g/mol. The van der Waals surface area contributed by atoms with Crippen molar-refractivity contribution in [1.82, 2.24) is 19.8 Å². The number of nitrogens with zero attached hydrogens (tertiary/aromatic N) is 3. The third-order valence-electron chi connectivity index (χ3n) is 5.46. The number of piperidine rings is 1. The normalized spacial score (nSPS) is 21.6. The van der Waals surface area contributed by atoms with E-state index in [1.807, 2.05) is 23.3 Å². The molecular weight excluding hydrogens is 316 g/mol. The highest BCUT2D eigenvalue weighted by Gasteiger charge is 2.31. The van der Waals surface area contributed by atoms with Crippen molar-refractivity contribution >= 4 is 11.8 Å². The van der Waals surface area contributed by atoms with Crippen LogP contribution in [0.3, 0.4) is 0 Å². The van der Waals surface area contributed by atoms with Crippen LogP contribution in [0.2, 0.25) is 0 Å². The van der Waals surface area contributed by atoms with Gasteiger partial charge in [0.1, 0.15) is 5.69 Å². The van der Waals surface area contributed by atoms with E-state index in [0.29, 0.717) is 17.4 Å². The lowest BCUT2D eigenvalue weighted by Crippen LogP contribution is -2.40. The molecule has 1 saturated heterocycles. The molecule has 3 rings (SSSR count). The Balaban J connectivity index is 1.89. The highest BCUT2D eigenvalue weighted by Crippen LogP contribution is 2.24. The number of carbonyl (C=O) groups is 2. The number of amides is 2. The number of imidazole rings is 1. The zero-order chi connectivity index (χ0) is 18.0. The van der Waals surface area contributed by atoms with Gasteiger partial charge in [0.25, 0.3) is 11.8 Å². The second-order valence-electron chi connectivity index (χ2n) is 7.62. The molecule has 6 heteroatoms. The standard InChI is InChI=1S/C19H30N4O2/c1-4-14(3)20-18(24)16-15-9-5-6-11-23(15)17(21-16)19(25)22-10-7-8-13(2)12-22/h13-14H,4-12H2,1-3H3,(H,20,24). The van der Waals surface area contributed by atoms with Crippen molar-refractivity contribution < 1.29 is 9.59 Å². The number of carbonyl (C=O) groups excluding carboxylic acids is 2. The van der Waals surface area contributed by atoms with Gasteiger partial charge in [0.2, 0.25) is 0 Å². The van der Waals surface area contributed by atoms with E-state index in [4.69, 9.17) is 0 Å². The van der Waals surface area contributed by atoms with Crippen LogP contribution in [0, 0.1) is 5.92 Å². The first-order chi connectivity index (χ1) is 12.0. The van der Waals surface area contributed by atoms with Crippen molar-refractivity contribution in [2.75, 3.05) is 13.1 Å². The molecule has 1 aromatic rings. The van der Waals surface area contributed by atoms with Crippen LogP contribution >= 0.6 is 0 Å². The maximum Gasteiger partial charge on any atom is 0.289 e. The van der Waals surface area contributed by atoms with E-state index < -0.39 is 0 Å². The summed E-state index contributed by atoms with van der Waals surface area (Å²) < 4.78 is 2.00. The fourth-order valence-corrected chi connectivity index (χ4v) is 3.80. The van der Waals surface area contributed by atoms with Crippen LogP contribution < -0.4 is 5.32 Å². The number of fused-ring (bicyclic) bond motifs is 1. The summed E-state index contributed by atoms with van der Waals surface area (Å²) in [5.41, 5.74) is 1.38. The zero-order valence-electron chi connectivity index (χ0n) is 15.7. The van der Waals surface area contributed by atoms with Crippen LogP contribution in [0.5, 0.6) is 0 Å². The van der Waals surface area contributed by atoms with Crippen LogP contribution in [0.1, 0.15) is 79.7 Å². The Bertz CT molecular complexity index is 652. The van der Waals surface area contributed by atoms with E-state index in [2.05, 4.69) is 17.2 Å². The van der Waals surface area contributed by atoms with E-state index in [9.17, 15) is 9.59 Å². The summed E-state index contributed by atoms with van der Waals surface area (Å²) in [4.78, 5) is 32.1. The Morgan fingerprint density at radius 3 is 2.80 bits per heavy atom. The minimum atomic E-state index is -0.147. The van der Waals surface area contributed by atoms with E-state index in [1.165, 1.54) is 6.42 Å². The predicted octanol–water partition coefficient (Wildman–Crippen LogP) is 2.62. The summed E-state index contributed by atoms with van der Waals surface area (Å²) in [5, 5.41) is 3.00. The molecule has 0 aliphatic carbocycles. The monoisotopic (exact) mass is 346 g/mol. The van der Waals surface area contributed by atoms with E-state index >= 15 is 0 Å². The van der Waals surface area contributed by atoms with E-state index in [-0.39, 0.29) is 17.9 Å². The first-order valence-electron chi connectivity index (χ1n) is 9.70. The van der Waals surface area contributed by atoms with Gasteiger partial charge < -0.3 is 14.8 Å². The lowest BCUT2D eigenvalue weighted by Gasteiger charge is -2.31. The molecule has 1 aromatic heterocycles. The van der Waals surface area contributed by atoms with Gasteiger partial charge in [-0.15, -0.1) is 0 Å². The lowest BCUT2D eigenvalue weighted by atomic mass is 10.0. The molecule has 3 heterocycles. The molecule has 0 radical (unpaired) electrons. The number of hydrogen-bond acceptors (Lipinski definition) is 3. The molecule has 1 N–H and O–H groups in total. The smallest absolute Gasteiger partial charge is 0.289 e. The predicted molar refractivity (Wildman–Crippen MR) is 96.7 cm³/mol. The van der Waals surface area contributed by atoms with Gasteiger partial charge in [0.15, 0.2) is 5.82 Å². The topological polar surface area (TPSA) is 67.2 Å². The molecular formula is C19H30N4O2. The second-order valence-corrected chi connectivity index (χ2v) is 7.62. The molecule has 2 amide bonds. The van der Waals surface area contributed by atoms with Crippen LogP contribution in [0.4, 0.5) is 0 Å². The van der Waals surface area contributed by atoms with Gasteiger partial charge in [0.05, 0.1) is 5.69 Å². The lowest BCUT2D eigenvalue weighted by molar-refractivity contribution is 0.0664. The molecule has 2 atom stereocenters. The van der Waals surface area contributed by atoms with Gasteiger partial charge >= 0.3 is 0 Å². The zero-order valence-corrected chi connectivity index (χ0v) is 15.7. The minimum absolute atomic E-state index is 0.0164. The minimum Gasteiger partial charge on any atom is -0.348 e. The third kappa shape index (κ3) is 3.72. The Kier molecular flexibility index (Phi) is 5.45. The highest BCUT2D eigenvalue weighted by atomic mass is 16.2. The number of rotatable bonds is 4. The molecule has 25 heavy (non-hydrogen) atoms. The van der Waals surface area contributed by atoms with E-state index in [1.54, 1.807) is 0 Å². The van der Waals surface area contributed by atoms with Gasteiger partial charge in [-0.25, -0.2) is 4.98 Å². The van der Waals surface area contributed by atoms with Crippen LogP contribution in [0.15, 0.2) is 0 Å². The molecule has 0 spiro atoms. The van der Waals surface area contributed by atoms with Gasteiger partial charge in [-0.05, 0) is 51.4 Å². The summed E-state index contributed by atoms with van der Waals surface area (Å²) in [6, 6.07) is 0.107.